The summed E-state index contributed by atoms with van der Waals surface area (Å²) in [5, 5.41) is 7.20. The Balaban J connectivity index is 1.98. The highest BCUT2D eigenvalue weighted by atomic mass is 32.1. The van der Waals surface area contributed by atoms with Crippen LogP contribution in [0.2, 0.25) is 0 Å². The third-order valence-electron chi connectivity index (χ3n) is 3.44. The van der Waals surface area contributed by atoms with E-state index in [0.29, 0.717) is 23.7 Å². The van der Waals surface area contributed by atoms with Gasteiger partial charge in [0.1, 0.15) is 4.88 Å². The summed E-state index contributed by atoms with van der Waals surface area (Å²) in [4.78, 5) is 28.4. The number of piperazine rings is 1. The molecule has 1 saturated heterocycles. The monoisotopic (exact) mass is 311 g/mol. The van der Waals surface area contributed by atoms with Gasteiger partial charge in [0.05, 0.1) is 12.2 Å². The normalized spacial score (nSPS) is 15.3. The van der Waals surface area contributed by atoms with Crippen LogP contribution >= 0.6 is 11.5 Å². The summed E-state index contributed by atoms with van der Waals surface area (Å²) < 4.78 is 3.86. The highest BCUT2D eigenvalue weighted by molar-refractivity contribution is 7.08. The fourth-order valence-electron chi connectivity index (χ4n) is 2.19. The zero-order valence-electron chi connectivity index (χ0n) is 12.6. The van der Waals surface area contributed by atoms with Gasteiger partial charge in [-0.2, -0.15) is 0 Å². The predicted octanol–water partition coefficient (Wildman–Crippen LogP) is 0.165. The lowest BCUT2D eigenvalue weighted by Crippen LogP contribution is -2.49. The molecule has 0 radical (unpaired) electrons. The van der Waals surface area contributed by atoms with Crippen molar-refractivity contribution in [2.45, 2.75) is 19.8 Å². The van der Waals surface area contributed by atoms with E-state index in [1.165, 1.54) is 4.90 Å². The van der Waals surface area contributed by atoms with E-state index in [2.05, 4.69) is 14.9 Å². The van der Waals surface area contributed by atoms with E-state index in [1.54, 1.807) is 11.9 Å². The summed E-state index contributed by atoms with van der Waals surface area (Å²) in [7, 11) is 1.65. The lowest BCUT2D eigenvalue weighted by Gasteiger charge is -2.29. The summed E-state index contributed by atoms with van der Waals surface area (Å²) in [6.07, 6.45) is 0. The van der Waals surface area contributed by atoms with Gasteiger partial charge >= 0.3 is 0 Å². The van der Waals surface area contributed by atoms with Gasteiger partial charge in [0.15, 0.2) is 0 Å². The van der Waals surface area contributed by atoms with E-state index in [-0.39, 0.29) is 24.3 Å². The highest BCUT2D eigenvalue weighted by Crippen LogP contribution is 2.20. The van der Waals surface area contributed by atoms with E-state index >= 15 is 0 Å². The van der Waals surface area contributed by atoms with Crippen LogP contribution in [0, 0.1) is 0 Å². The van der Waals surface area contributed by atoms with Gasteiger partial charge in [0.25, 0.3) is 5.91 Å². The van der Waals surface area contributed by atoms with E-state index in [1.807, 2.05) is 13.8 Å². The topological polar surface area (TPSA) is 78.4 Å². The summed E-state index contributed by atoms with van der Waals surface area (Å²) in [6, 6.07) is 0. The summed E-state index contributed by atoms with van der Waals surface area (Å²) in [6.45, 7) is 7.03. The van der Waals surface area contributed by atoms with Crippen molar-refractivity contribution in [1.82, 2.24) is 24.7 Å². The van der Waals surface area contributed by atoms with Crippen molar-refractivity contribution in [1.29, 1.82) is 0 Å². The second-order valence-corrected chi connectivity index (χ2v) is 6.19. The average Bonchev–Trinajstić information content (AvgIpc) is 2.96. The molecule has 21 heavy (non-hydrogen) atoms. The maximum atomic E-state index is 12.4. The maximum Gasteiger partial charge on any atom is 0.267 e. The number of hydrogen-bond donors (Lipinski definition) is 1. The lowest BCUT2D eigenvalue weighted by molar-refractivity contribution is -0.132. The minimum absolute atomic E-state index is 0.0177. The molecule has 1 aliphatic rings. The van der Waals surface area contributed by atoms with Gasteiger partial charge in [0, 0.05) is 33.2 Å². The molecule has 2 heterocycles. The third-order valence-corrected chi connectivity index (χ3v) is 4.17. The Morgan fingerprint density at radius 2 is 2.05 bits per heavy atom. The van der Waals surface area contributed by atoms with Crippen LogP contribution in [0.1, 0.15) is 35.1 Å². The number of aromatic nitrogens is 2. The smallest absolute Gasteiger partial charge is 0.267 e. The molecular formula is C13H21N5O2S. The molecule has 1 N–H and O–H groups in total. The lowest BCUT2D eigenvalue weighted by atomic mass is 10.1. The highest BCUT2D eigenvalue weighted by Gasteiger charge is 2.25. The maximum absolute atomic E-state index is 12.4. The first-order valence-corrected chi connectivity index (χ1v) is 7.84. The van der Waals surface area contributed by atoms with Crippen molar-refractivity contribution in [3.8, 4) is 0 Å². The van der Waals surface area contributed by atoms with Crippen molar-refractivity contribution in [3.05, 3.63) is 10.6 Å². The van der Waals surface area contributed by atoms with Crippen LogP contribution in [0.15, 0.2) is 0 Å². The average molecular weight is 311 g/mol. The largest absolute Gasteiger partial charge is 0.339 e. The molecule has 0 spiro atoms. The molecule has 7 nitrogen and oxygen atoms in total. The van der Waals surface area contributed by atoms with Crippen LogP contribution in [0.4, 0.5) is 0 Å². The number of rotatable bonds is 4. The fourth-order valence-corrected chi connectivity index (χ4v) is 3.00. The second-order valence-electron chi connectivity index (χ2n) is 5.43. The van der Waals surface area contributed by atoms with Crippen LogP contribution in [0.25, 0.3) is 0 Å². The molecule has 1 aromatic rings. The van der Waals surface area contributed by atoms with E-state index in [4.69, 9.17) is 0 Å². The van der Waals surface area contributed by atoms with Crippen LogP contribution in [0.3, 0.4) is 0 Å². The number of nitrogens with zero attached hydrogens (tertiary/aromatic N) is 4. The first kappa shape index (κ1) is 15.8. The van der Waals surface area contributed by atoms with Crippen molar-refractivity contribution in [3.63, 3.8) is 0 Å². The van der Waals surface area contributed by atoms with E-state index in [9.17, 15) is 9.59 Å². The Morgan fingerprint density at radius 3 is 2.67 bits per heavy atom. The molecule has 0 atom stereocenters. The molecular weight excluding hydrogens is 290 g/mol. The molecule has 2 rings (SSSR count). The minimum atomic E-state index is -0.183. The van der Waals surface area contributed by atoms with Gasteiger partial charge in [-0.25, -0.2) is 0 Å². The molecule has 0 bridgehead atoms. The number of hydrogen-bond acceptors (Lipinski definition) is 6. The molecule has 0 saturated carbocycles. The summed E-state index contributed by atoms with van der Waals surface area (Å²) in [5.74, 6) is -0.0620. The Bertz CT molecular complexity index is 510. The summed E-state index contributed by atoms with van der Waals surface area (Å²) in [5.41, 5.74) is 0.700. The Labute approximate surface area is 128 Å². The van der Waals surface area contributed by atoms with Gasteiger partial charge in [-0.15, -0.1) is 5.10 Å². The van der Waals surface area contributed by atoms with Crippen molar-refractivity contribution >= 4 is 23.3 Å². The fraction of sp³-hybridized carbons (Fsp3) is 0.692. The van der Waals surface area contributed by atoms with Crippen LogP contribution < -0.4 is 5.32 Å². The quantitative estimate of drug-likeness (QED) is 0.857. The van der Waals surface area contributed by atoms with Gasteiger partial charge < -0.3 is 15.1 Å². The van der Waals surface area contributed by atoms with Crippen molar-refractivity contribution in [2.24, 2.45) is 0 Å². The number of nitrogens with one attached hydrogen (secondary N) is 1. The van der Waals surface area contributed by atoms with Gasteiger partial charge in [-0.05, 0) is 17.5 Å². The number of likely N-dealkylation sites (N-methyl/N-ethyl adjacent to an activating group) is 1. The van der Waals surface area contributed by atoms with E-state index in [0.717, 1.165) is 24.6 Å². The Kier molecular flexibility index (Phi) is 5.24. The number of amides is 2. The standard InChI is InChI=1S/C13H21N5O2S/c1-9(2)11-12(21-16-15-11)13(20)17(3)8-10(19)18-6-4-14-5-7-18/h9,14H,4-8H2,1-3H3. The van der Waals surface area contributed by atoms with Gasteiger partial charge in [-0.1, -0.05) is 18.3 Å². The predicted molar refractivity (Wildman–Crippen MR) is 80.4 cm³/mol. The van der Waals surface area contributed by atoms with Crippen molar-refractivity contribution < 1.29 is 9.59 Å². The summed E-state index contributed by atoms with van der Waals surface area (Å²) >= 11 is 1.09. The number of carbonyl (C=O) groups is 2. The Hall–Kier alpha value is -1.54. The van der Waals surface area contributed by atoms with Crippen LogP contribution in [-0.4, -0.2) is 71.0 Å². The molecule has 1 fully saturated rings. The first-order chi connectivity index (χ1) is 10.0. The molecule has 0 aromatic carbocycles. The van der Waals surface area contributed by atoms with Crippen LogP contribution in [-0.2, 0) is 4.79 Å². The molecule has 116 valence electrons. The molecule has 0 aliphatic carbocycles. The Morgan fingerprint density at radius 1 is 1.38 bits per heavy atom. The molecule has 1 aromatic heterocycles. The first-order valence-electron chi connectivity index (χ1n) is 7.07. The van der Waals surface area contributed by atoms with Crippen LogP contribution in [0.5, 0.6) is 0 Å². The van der Waals surface area contributed by atoms with E-state index < -0.39 is 0 Å². The zero-order valence-corrected chi connectivity index (χ0v) is 13.4. The molecule has 1 aliphatic heterocycles. The molecule has 8 heteroatoms. The number of carbonyl (C=O) groups excluding carboxylic acids is 2. The molecule has 0 unspecified atom stereocenters. The molecule has 2 amide bonds. The second kappa shape index (κ2) is 6.95. The van der Waals surface area contributed by atoms with Crippen molar-refractivity contribution in [2.75, 3.05) is 39.8 Å². The third kappa shape index (κ3) is 3.76. The zero-order chi connectivity index (χ0) is 15.4. The van der Waals surface area contributed by atoms with Gasteiger partial charge in [-0.3, -0.25) is 9.59 Å². The minimum Gasteiger partial charge on any atom is -0.339 e. The SMILES string of the molecule is CC(C)c1nnsc1C(=O)N(C)CC(=O)N1CCNCC1. The van der Waals surface area contributed by atoms with Gasteiger partial charge in [0.2, 0.25) is 5.91 Å².